The van der Waals surface area contributed by atoms with Crippen LogP contribution in [-0.2, 0) is 17.5 Å². The van der Waals surface area contributed by atoms with Crippen LogP contribution in [0.1, 0.15) is 16.7 Å². The van der Waals surface area contributed by atoms with Gasteiger partial charge in [0.1, 0.15) is 11.6 Å². The number of carbonyl (C=O) groups is 1. The highest BCUT2D eigenvalue weighted by molar-refractivity contribution is 6.10. The number of para-hydroxylation sites is 1. The van der Waals surface area contributed by atoms with Crippen LogP contribution in [0.4, 0.5) is 18.9 Å². The second kappa shape index (κ2) is 10.1. The van der Waals surface area contributed by atoms with Gasteiger partial charge in [-0.3, -0.25) is 9.48 Å². The maximum atomic E-state index is 13.3. The van der Waals surface area contributed by atoms with Crippen molar-refractivity contribution in [3.63, 3.8) is 0 Å². The molecule has 0 unspecified atom stereocenters. The van der Waals surface area contributed by atoms with E-state index in [0.717, 1.165) is 23.3 Å². The van der Waals surface area contributed by atoms with E-state index in [0.29, 0.717) is 17.8 Å². The minimum absolute atomic E-state index is 0.349. The van der Waals surface area contributed by atoms with Gasteiger partial charge in [0.15, 0.2) is 0 Å². The van der Waals surface area contributed by atoms with Crippen molar-refractivity contribution in [1.29, 1.82) is 5.26 Å². The van der Waals surface area contributed by atoms with E-state index in [2.05, 4.69) is 10.4 Å². The Morgan fingerprint density at radius 3 is 2.26 bits per heavy atom. The van der Waals surface area contributed by atoms with Crippen LogP contribution < -0.4 is 5.32 Å². The van der Waals surface area contributed by atoms with Crippen LogP contribution in [0.5, 0.6) is 0 Å². The molecule has 1 N–H and O–H groups in total. The van der Waals surface area contributed by atoms with Gasteiger partial charge in [-0.25, -0.2) is 0 Å². The van der Waals surface area contributed by atoms with Crippen LogP contribution >= 0.6 is 0 Å². The second-order valence-electron chi connectivity index (χ2n) is 7.65. The average molecular weight is 472 g/mol. The van der Waals surface area contributed by atoms with Gasteiger partial charge in [0.2, 0.25) is 0 Å². The van der Waals surface area contributed by atoms with Gasteiger partial charge in [-0.15, -0.1) is 0 Å². The van der Waals surface area contributed by atoms with Crippen molar-refractivity contribution < 1.29 is 18.0 Å². The molecule has 0 atom stereocenters. The zero-order valence-electron chi connectivity index (χ0n) is 18.3. The normalized spacial score (nSPS) is 11.7. The standard InChI is InChI=1S/C27H19F3N4O/c28-27(29,30)23-13-7-8-14-24(23)32-26(35)21(16-31)15-22-18-34(17-19-9-3-1-4-10-19)33-25(22)20-11-5-2-6-12-20/h1-15,18H,17H2,(H,32,35)/b21-15-. The fourth-order valence-corrected chi connectivity index (χ4v) is 3.55. The third kappa shape index (κ3) is 5.65. The zero-order chi connectivity index (χ0) is 24.8. The molecule has 0 aliphatic heterocycles. The summed E-state index contributed by atoms with van der Waals surface area (Å²) in [5.41, 5.74) is 1.04. The molecular weight excluding hydrogens is 453 g/mol. The molecular formula is C27H19F3N4O. The maximum Gasteiger partial charge on any atom is 0.418 e. The molecule has 0 radical (unpaired) electrons. The van der Waals surface area contributed by atoms with E-state index in [-0.39, 0.29) is 5.57 Å². The van der Waals surface area contributed by atoms with Crippen molar-refractivity contribution in [2.45, 2.75) is 12.7 Å². The number of aromatic nitrogens is 2. The molecule has 8 heteroatoms. The van der Waals surface area contributed by atoms with Gasteiger partial charge in [0.05, 0.1) is 23.5 Å². The van der Waals surface area contributed by atoms with Crippen molar-refractivity contribution in [1.82, 2.24) is 9.78 Å². The molecule has 4 aromatic rings. The van der Waals surface area contributed by atoms with Crippen molar-refractivity contribution in [3.8, 4) is 17.3 Å². The van der Waals surface area contributed by atoms with Crippen molar-refractivity contribution in [2.75, 3.05) is 5.32 Å². The Morgan fingerprint density at radius 1 is 0.971 bits per heavy atom. The number of nitriles is 1. The summed E-state index contributed by atoms with van der Waals surface area (Å²) < 4.78 is 41.6. The number of amides is 1. The Bertz CT molecular complexity index is 1400. The zero-order valence-corrected chi connectivity index (χ0v) is 18.3. The predicted octanol–water partition coefficient (Wildman–Crippen LogP) is 6.16. The van der Waals surface area contributed by atoms with E-state index >= 15 is 0 Å². The summed E-state index contributed by atoms with van der Waals surface area (Å²) in [6, 6.07) is 25.3. The first-order chi connectivity index (χ1) is 16.8. The highest BCUT2D eigenvalue weighted by Gasteiger charge is 2.33. The Kier molecular flexibility index (Phi) is 6.78. The predicted molar refractivity (Wildman–Crippen MR) is 127 cm³/mol. The second-order valence-corrected chi connectivity index (χ2v) is 7.65. The molecule has 1 heterocycles. The first-order valence-corrected chi connectivity index (χ1v) is 10.6. The quantitative estimate of drug-likeness (QED) is 0.270. The van der Waals surface area contributed by atoms with E-state index in [1.807, 2.05) is 60.7 Å². The van der Waals surface area contributed by atoms with Gasteiger partial charge < -0.3 is 5.32 Å². The summed E-state index contributed by atoms with van der Waals surface area (Å²) in [5.74, 6) is -0.945. The van der Waals surface area contributed by atoms with Gasteiger partial charge in [-0.05, 0) is 23.8 Å². The number of halogens is 3. The first kappa shape index (κ1) is 23.5. The molecule has 0 bridgehead atoms. The Hall–Kier alpha value is -4.64. The third-order valence-electron chi connectivity index (χ3n) is 5.17. The highest BCUT2D eigenvalue weighted by Crippen LogP contribution is 2.34. The van der Waals surface area contributed by atoms with Gasteiger partial charge in [-0.2, -0.15) is 23.5 Å². The van der Waals surface area contributed by atoms with E-state index in [4.69, 9.17) is 0 Å². The molecule has 3 aromatic carbocycles. The number of nitrogens with zero attached hydrogens (tertiary/aromatic N) is 3. The number of alkyl halides is 3. The van der Waals surface area contributed by atoms with Gasteiger partial charge in [0.25, 0.3) is 5.91 Å². The monoisotopic (exact) mass is 472 g/mol. The number of nitrogens with one attached hydrogen (secondary N) is 1. The first-order valence-electron chi connectivity index (χ1n) is 10.6. The van der Waals surface area contributed by atoms with Crippen LogP contribution in [0, 0.1) is 11.3 Å². The summed E-state index contributed by atoms with van der Waals surface area (Å²) >= 11 is 0. The molecule has 0 spiro atoms. The molecule has 174 valence electrons. The largest absolute Gasteiger partial charge is 0.418 e. The topological polar surface area (TPSA) is 70.7 Å². The number of anilines is 1. The minimum Gasteiger partial charge on any atom is -0.321 e. The molecule has 4 rings (SSSR count). The summed E-state index contributed by atoms with van der Waals surface area (Å²) in [5, 5.41) is 16.5. The lowest BCUT2D eigenvalue weighted by Gasteiger charge is -2.13. The van der Waals surface area contributed by atoms with Crippen molar-refractivity contribution in [2.24, 2.45) is 0 Å². The fraction of sp³-hybridized carbons (Fsp3) is 0.0741. The lowest BCUT2D eigenvalue weighted by Crippen LogP contribution is -2.17. The smallest absolute Gasteiger partial charge is 0.321 e. The van der Waals surface area contributed by atoms with Gasteiger partial charge in [0, 0.05) is 17.3 Å². The highest BCUT2D eigenvalue weighted by atomic mass is 19.4. The maximum absolute atomic E-state index is 13.3. The van der Waals surface area contributed by atoms with E-state index in [1.165, 1.54) is 18.2 Å². The summed E-state index contributed by atoms with van der Waals surface area (Å²) in [6.45, 7) is 0.460. The lowest BCUT2D eigenvalue weighted by molar-refractivity contribution is -0.137. The average Bonchev–Trinajstić information content (AvgIpc) is 3.25. The van der Waals surface area contributed by atoms with Crippen LogP contribution in [0.2, 0.25) is 0 Å². The molecule has 0 saturated heterocycles. The van der Waals surface area contributed by atoms with Crippen molar-refractivity contribution in [3.05, 3.63) is 113 Å². The molecule has 35 heavy (non-hydrogen) atoms. The van der Waals surface area contributed by atoms with Crippen LogP contribution in [-0.4, -0.2) is 15.7 Å². The Labute approximate surface area is 199 Å². The molecule has 0 fully saturated rings. The molecule has 0 aliphatic carbocycles. The Balaban J connectivity index is 1.70. The molecule has 5 nitrogen and oxygen atoms in total. The molecule has 1 amide bonds. The van der Waals surface area contributed by atoms with Crippen LogP contribution in [0.3, 0.4) is 0 Å². The molecule has 1 aromatic heterocycles. The Morgan fingerprint density at radius 2 is 1.60 bits per heavy atom. The molecule has 0 aliphatic rings. The summed E-state index contributed by atoms with van der Waals surface area (Å²) in [4.78, 5) is 12.8. The summed E-state index contributed by atoms with van der Waals surface area (Å²) in [7, 11) is 0. The van der Waals surface area contributed by atoms with Crippen LogP contribution in [0.15, 0.2) is 96.7 Å². The van der Waals surface area contributed by atoms with Crippen LogP contribution in [0.25, 0.3) is 17.3 Å². The number of benzene rings is 3. The number of hydrogen-bond donors (Lipinski definition) is 1. The van der Waals surface area contributed by atoms with Gasteiger partial charge in [-0.1, -0.05) is 72.8 Å². The number of carbonyl (C=O) groups excluding carboxylic acids is 1. The van der Waals surface area contributed by atoms with Gasteiger partial charge >= 0.3 is 6.18 Å². The number of rotatable bonds is 6. The third-order valence-corrected chi connectivity index (χ3v) is 5.17. The lowest BCUT2D eigenvalue weighted by atomic mass is 10.1. The van der Waals surface area contributed by atoms with E-state index in [1.54, 1.807) is 16.9 Å². The SMILES string of the molecule is N#C/C(=C/c1cn(Cc2ccccc2)nc1-c1ccccc1)C(=O)Nc1ccccc1C(F)(F)F. The molecule has 0 saturated carbocycles. The number of hydrogen-bond acceptors (Lipinski definition) is 3. The fourth-order valence-electron chi connectivity index (χ4n) is 3.55. The summed E-state index contributed by atoms with van der Waals surface area (Å²) in [6.07, 6.45) is -1.62. The minimum atomic E-state index is -4.65. The van der Waals surface area contributed by atoms with E-state index < -0.39 is 23.3 Å². The van der Waals surface area contributed by atoms with E-state index in [9.17, 15) is 23.2 Å². The van der Waals surface area contributed by atoms with Crippen molar-refractivity contribution >= 4 is 17.7 Å².